The lowest BCUT2D eigenvalue weighted by Crippen LogP contribution is -2.78. The first-order valence-corrected chi connectivity index (χ1v) is 13.3. The number of rotatable bonds is 3. The number of halogens is 1. The molecule has 8 heteroatoms. The largest absolute Gasteiger partial charge is 0.504 e. The van der Waals surface area contributed by atoms with Gasteiger partial charge in [0, 0.05) is 18.2 Å². The van der Waals surface area contributed by atoms with Gasteiger partial charge in [0.1, 0.15) is 6.10 Å². The molecular weight excluding hydrogens is 492 g/mol. The second-order valence-corrected chi connectivity index (χ2v) is 11.9. The van der Waals surface area contributed by atoms with Gasteiger partial charge in [0.05, 0.1) is 28.2 Å². The van der Waals surface area contributed by atoms with Crippen LogP contribution in [0.1, 0.15) is 69.5 Å². The maximum atomic E-state index is 13.6. The van der Waals surface area contributed by atoms with Gasteiger partial charge >= 0.3 is 0 Å². The van der Waals surface area contributed by atoms with Crippen LogP contribution in [-0.2, 0) is 11.8 Å². The molecule has 2 saturated carbocycles. The Morgan fingerprint density at radius 1 is 1.05 bits per heavy atom. The molecule has 6 aliphatic rings. The van der Waals surface area contributed by atoms with E-state index in [1.165, 1.54) is 17.7 Å². The standard InChI is InChI=1S/C29H30N2O5.ClH/c1-15-2-6-18-19(12-15)27(34)31(26(18)33)20-8-9-29(35)22-13-17-5-7-21(32)24-23(17)28(29,25(20)36-24)10-11-30(22)14-16-3-4-16;/h2,5-7,12,16,20,22,25,32,35H,3-4,8-11,13-14H2,1H3;1H/t20-,22-,25-,28+,29-;/m1./s1. The van der Waals surface area contributed by atoms with Gasteiger partial charge in [0.2, 0.25) is 0 Å². The smallest absolute Gasteiger partial charge is 0.261 e. The fraction of sp³-hybridized carbons (Fsp3) is 0.517. The molecule has 3 fully saturated rings. The number of nitrogens with zero attached hydrogens (tertiary/aromatic N) is 2. The van der Waals surface area contributed by atoms with Crippen LogP contribution in [0.2, 0.25) is 0 Å². The van der Waals surface area contributed by atoms with Crippen LogP contribution in [0.4, 0.5) is 0 Å². The monoisotopic (exact) mass is 522 g/mol. The van der Waals surface area contributed by atoms with Crippen LogP contribution in [0.25, 0.3) is 0 Å². The van der Waals surface area contributed by atoms with Crippen molar-refractivity contribution in [1.82, 2.24) is 9.80 Å². The summed E-state index contributed by atoms with van der Waals surface area (Å²) in [5.74, 6) is 0.644. The number of benzene rings is 2. The predicted octanol–water partition coefficient (Wildman–Crippen LogP) is 3.35. The molecule has 2 amide bonds. The maximum Gasteiger partial charge on any atom is 0.261 e. The SMILES string of the molecule is Cc1ccc2c(c1)C(=O)N([C@@H]1CC[C@@]3(O)[C@H]4Cc5ccc(O)c6c5[C@@]3(CCN4CC3CC3)[C@@H]1O6)C2=O.Cl. The number of likely N-dealkylation sites (tertiary alicyclic amines) is 1. The van der Waals surface area contributed by atoms with Crippen LogP contribution < -0.4 is 4.74 Å². The number of hydrogen-bond acceptors (Lipinski definition) is 6. The molecule has 194 valence electrons. The molecule has 2 bridgehead atoms. The van der Waals surface area contributed by atoms with E-state index in [1.54, 1.807) is 18.2 Å². The van der Waals surface area contributed by atoms with E-state index in [4.69, 9.17) is 4.74 Å². The van der Waals surface area contributed by atoms with Crippen molar-refractivity contribution in [3.05, 3.63) is 58.1 Å². The Morgan fingerprint density at radius 2 is 1.84 bits per heavy atom. The van der Waals surface area contributed by atoms with Gasteiger partial charge in [-0.05, 0) is 81.7 Å². The molecule has 0 radical (unpaired) electrons. The fourth-order valence-electron chi connectivity index (χ4n) is 8.39. The Labute approximate surface area is 221 Å². The van der Waals surface area contributed by atoms with Crippen molar-refractivity contribution in [3.63, 3.8) is 0 Å². The number of fused-ring (bicyclic) bond motifs is 1. The second-order valence-electron chi connectivity index (χ2n) is 11.9. The zero-order chi connectivity index (χ0) is 24.6. The quantitative estimate of drug-likeness (QED) is 0.601. The molecule has 1 saturated heterocycles. The first-order valence-electron chi connectivity index (χ1n) is 13.3. The van der Waals surface area contributed by atoms with Gasteiger partial charge in [-0.1, -0.05) is 17.7 Å². The van der Waals surface area contributed by atoms with Crippen LogP contribution >= 0.6 is 12.4 Å². The van der Waals surface area contributed by atoms with Crippen molar-refractivity contribution >= 4 is 24.2 Å². The molecule has 37 heavy (non-hydrogen) atoms. The number of amides is 2. The summed E-state index contributed by atoms with van der Waals surface area (Å²) in [5.41, 5.74) is 2.04. The van der Waals surface area contributed by atoms with Gasteiger partial charge in [-0.15, -0.1) is 12.4 Å². The van der Waals surface area contributed by atoms with Crippen molar-refractivity contribution in [2.24, 2.45) is 5.92 Å². The van der Waals surface area contributed by atoms with Crippen LogP contribution in [0.15, 0.2) is 30.3 Å². The summed E-state index contributed by atoms with van der Waals surface area (Å²) in [6, 6.07) is 8.51. The van der Waals surface area contributed by atoms with Gasteiger partial charge in [-0.2, -0.15) is 0 Å². The molecule has 3 aliphatic carbocycles. The lowest BCUT2D eigenvalue weighted by molar-refractivity contribution is -0.196. The van der Waals surface area contributed by atoms with Crippen LogP contribution in [0, 0.1) is 12.8 Å². The second kappa shape index (κ2) is 7.49. The first-order chi connectivity index (χ1) is 17.3. The fourth-order valence-corrected chi connectivity index (χ4v) is 8.39. The van der Waals surface area contributed by atoms with Crippen LogP contribution in [0.3, 0.4) is 0 Å². The minimum atomic E-state index is -1.04. The summed E-state index contributed by atoms with van der Waals surface area (Å²) in [4.78, 5) is 31.1. The zero-order valence-electron chi connectivity index (χ0n) is 20.8. The van der Waals surface area contributed by atoms with Crippen molar-refractivity contribution in [3.8, 4) is 11.5 Å². The summed E-state index contributed by atoms with van der Waals surface area (Å²) < 4.78 is 6.57. The Bertz CT molecular complexity index is 1370. The van der Waals surface area contributed by atoms with E-state index in [1.807, 2.05) is 19.1 Å². The summed E-state index contributed by atoms with van der Waals surface area (Å²) in [5, 5.41) is 23.5. The molecular formula is C29H31ClN2O5. The number of phenolic OH excluding ortho intramolecular Hbond substituents is 1. The van der Waals surface area contributed by atoms with Gasteiger partial charge in [-0.25, -0.2) is 0 Å². The summed E-state index contributed by atoms with van der Waals surface area (Å²) in [6.45, 7) is 3.76. The highest BCUT2D eigenvalue weighted by Crippen LogP contribution is 2.66. The molecule has 2 N–H and O–H groups in total. The maximum absolute atomic E-state index is 13.6. The number of hydrogen-bond donors (Lipinski definition) is 2. The number of aryl methyl sites for hydroxylation is 1. The van der Waals surface area contributed by atoms with Gasteiger partial charge in [0.25, 0.3) is 11.8 Å². The highest BCUT2D eigenvalue weighted by Gasteiger charge is 2.74. The zero-order valence-corrected chi connectivity index (χ0v) is 21.6. The van der Waals surface area contributed by atoms with E-state index in [0.29, 0.717) is 42.1 Å². The predicted molar refractivity (Wildman–Crippen MR) is 138 cm³/mol. The normalized spacial score (nSPS) is 35.1. The summed E-state index contributed by atoms with van der Waals surface area (Å²) in [7, 11) is 0. The van der Waals surface area contributed by atoms with Crippen molar-refractivity contribution in [2.45, 2.75) is 74.7 Å². The minimum Gasteiger partial charge on any atom is -0.504 e. The van der Waals surface area contributed by atoms with Crippen LogP contribution in [0.5, 0.6) is 11.5 Å². The third-order valence-electron chi connectivity index (χ3n) is 10.1. The van der Waals surface area contributed by atoms with E-state index in [9.17, 15) is 19.8 Å². The van der Waals surface area contributed by atoms with Crippen LogP contribution in [-0.4, -0.2) is 68.7 Å². The molecule has 3 heterocycles. The van der Waals surface area contributed by atoms with Gasteiger partial charge < -0.3 is 14.9 Å². The highest BCUT2D eigenvalue weighted by molar-refractivity contribution is 6.21. The Kier molecular flexibility index (Phi) is 4.76. The number of ether oxygens (including phenoxy) is 1. The highest BCUT2D eigenvalue weighted by atomic mass is 35.5. The van der Waals surface area contributed by atoms with E-state index < -0.39 is 23.2 Å². The third kappa shape index (κ3) is 2.75. The van der Waals surface area contributed by atoms with Crippen molar-refractivity contribution in [1.29, 1.82) is 0 Å². The van der Waals surface area contributed by atoms with Gasteiger partial charge in [-0.3, -0.25) is 19.4 Å². The van der Waals surface area contributed by atoms with Crippen molar-refractivity contribution in [2.75, 3.05) is 13.1 Å². The number of carbonyl (C=O) groups excluding carboxylic acids is 2. The Morgan fingerprint density at radius 3 is 2.62 bits per heavy atom. The average molecular weight is 523 g/mol. The lowest BCUT2D eigenvalue weighted by atomic mass is 9.48. The first kappa shape index (κ1) is 23.5. The van der Waals surface area contributed by atoms with E-state index >= 15 is 0 Å². The number of phenols is 1. The lowest BCUT2D eigenvalue weighted by Gasteiger charge is -2.64. The van der Waals surface area contributed by atoms with E-state index in [-0.39, 0.29) is 36.0 Å². The molecule has 0 unspecified atom stereocenters. The number of aromatic hydroxyl groups is 1. The molecule has 7 nitrogen and oxygen atoms in total. The summed E-state index contributed by atoms with van der Waals surface area (Å²) in [6.07, 6.45) is 4.30. The number of imide groups is 1. The third-order valence-corrected chi connectivity index (χ3v) is 10.1. The van der Waals surface area contributed by atoms with E-state index in [2.05, 4.69) is 4.90 Å². The molecule has 8 rings (SSSR count). The van der Waals surface area contributed by atoms with Gasteiger partial charge in [0.15, 0.2) is 11.5 Å². The van der Waals surface area contributed by atoms with Crippen molar-refractivity contribution < 1.29 is 24.5 Å². The van der Waals surface area contributed by atoms with E-state index in [0.717, 1.165) is 36.2 Å². The Hall–Kier alpha value is -2.61. The average Bonchev–Trinajstić information content (AvgIpc) is 3.55. The number of aliphatic hydroxyl groups is 1. The molecule has 5 atom stereocenters. The molecule has 2 aromatic carbocycles. The topological polar surface area (TPSA) is 90.3 Å². The molecule has 3 aliphatic heterocycles. The molecule has 1 spiro atoms. The number of carbonyl (C=O) groups is 2. The molecule has 2 aromatic rings. The summed E-state index contributed by atoms with van der Waals surface area (Å²) >= 11 is 0. The minimum absolute atomic E-state index is 0. The Balaban J connectivity index is 0.00000231. The molecule has 0 aromatic heterocycles. The number of piperidine rings is 1.